The molecule has 0 aliphatic rings. The predicted octanol–water partition coefficient (Wildman–Crippen LogP) is 2.36. The summed E-state index contributed by atoms with van der Waals surface area (Å²) in [6.45, 7) is 0. The lowest BCUT2D eigenvalue weighted by Gasteiger charge is -2.15. The number of rotatable bonds is 5. The molecule has 0 saturated carbocycles. The van der Waals surface area contributed by atoms with Crippen LogP contribution in [0.2, 0.25) is 5.02 Å². The van der Waals surface area contributed by atoms with Crippen LogP contribution in [0.1, 0.15) is 18.0 Å². The Kier molecular flexibility index (Phi) is 4.76. The van der Waals surface area contributed by atoms with Crippen LogP contribution in [0, 0.1) is 0 Å². The van der Waals surface area contributed by atoms with Gasteiger partial charge in [0.25, 0.3) is 0 Å². The molecular formula is C10H9BrClNO3. The van der Waals surface area contributed by atoms with Crippen molar-refractivity contribution in [1.82, 2.24) is 5.32 Å². The lowest BCUT2D eigenvalue weighted by atomic mass is 10.0. The molecule has 0 unspecified atom stereocenters. The standard InChI is InChI=1S/C10H9BrClNO3/c11-6-1-2-7(8(12)3-6)9(13-5-14)4-10(15)16/h1-3,5,9H,4H2,(H,13,14)(H,15,16)/t9-/m1/s1. The Balaban J connectivity index is 3.00. The minimum Gasteiger partial charge on any atom is -0.481 e. The summed E-state index contributed by atoms with van der Waals surface area (Å²) in [6.07, 6.45) is 0.256. The minimum absolute atomic E-state index is 0.208. The highest BCUT2D eigenvalue weighted by Gasteiger charge is 2.17. The number of amides is 1. The van der Waals surface area contributed by atoms with E-state index in [9.17, 15) is 9.59 Å². The van der Waals surface area contributed by atoms with Crippen molar-refractivity contribution in [3.05, 3.63) is 33.3 Å². The first-order valence-electron chi connectivity index (χ1n) is 4.41. The van der Waals surface area contributed by atoms with Gasteiger partial charge in [0, 0.05) is 9.50 Å². The first-order chi connectivity index (χ1) is 7.54. The molecule has 6 heteroatoms. The zero-order valence-corrected chi connectivity index (χ0v) is 10.5. The van der Waals surface area contributed by atoms with Gasteiger partial charge in [-0.15, -0.1) is 0 Å². The zero-order valence-electron chi connectivity index (χ0n) is 8.11. The van der Waals surface area contributed by atoms with Crippen LogP contribution in [0.3, 0.4) is 0 Å². The Morgan fingerprint density at radius 1 is 1.62 bits per heavy atom. The summed E-state index contributed by atoms with van der Waals surface area (Å²) in [5.41, 5.74) is 0.583. The van der Waals surface area contributed by atoms with E-state index in [1.54, 1.807) is 18.2 Å². The number of carboxylic acids is 1. The summed E-state index contributed by atoms with van der Waals surface area (Å²) in [7, 11) is 0. The van der Waals surface area contributed by atoms with Crippen LogP contribution in [0.15, 0.2) is 22.7 Å². The quantitative estimate of drug-likeness (QED) is 0.821. The second-order valence-corrected chi connectivity index (χ2v) is 4.42. The van der Waals surface area contributed by atoms with E-state index >= 15 is 0 Å². The van der Waals surface area contributed by atoms with Crippen LogP contribution in [-0.2, 0) is 9.59 Å². The van der Waals surface area contributed by atoms with Crippen LogP contribution >= 0.6 is 27.5 Å². The van der Waals surface area contributed by atoms with Gasteiger partial charge in [0.2, 0.25) is 6.41 Å². The molecular weight excluding hydrogens is 297 g/mol. The molecule has 0 radical (unpaired) electrons. The van der Waals surface area contributed by atoms with Gasteiger partial charge in [0.15, 0.2) is 0 Å². The molecule has 0 heterocycles. The second-order valence-electron chi connectivity index (χ2n) is 3.10. The molecule has 4 nitrogen and oxygen atoms in total. The Morgan fingerprint density at radius 2 is 2.31 bits per heavy atom. The molecule has 0 aliphatic heterocycles. The molecule has 0 bridgehead atoms. The lowest BCUT2D eigenvalue weighted by Crippen LogP contribution is -2.22. The first kappa shape index (κ1) is 13.0. The van der Waals surface area contributed by atoms with Crippen molar-refractivity contribution in [3.8, 4) is 0 Å². The molecule has 0 aliphatic carbocycles. The van der Waals surface area contributed by atoms with Gasteiger partial charge in [-0.3, -0.25) is 9.59 Å². The van der Waals surface area contributed by atoms with E-state index in [1.807, 2.05) is 0 Å². The maximum atomic E-state index is 10.6. The van der Waals surface area contributed by atoms with Gasteiger partial charge in [0.05, 0.1) is 12.5 Å². The number of halogens is 2. The number of benzene rings is 1. The van der Waals surface area contributed by atoms with Gasteiger partial charge in [0.1, 0.15) is 0 Å². The van der Waals surface area contributed by atoms with Crippen LogP contribution in [0.25, 0.3) is 0 Å². The van der Waals surface area contributed by atoms with Crippen LogP contribution in [-0.4, -0.2) is 17.5 Å². The molecule has 0 saturated heterocycles. The maximum absolute atomic E-state index is 10.6. The van der Waals surface area contributed by atoms with E-state index in [2.05, 4.69) is 21.2 Å². The van der Waals surface area contributed by atoms with Gasteiger partial charge in [-0.1, -0.05) is 33.6 Å². The number of hydrogen-bond acceptors (Lipinski definition) is 2. The highest BCUT2D eigenvalue weighted by molar-refractivity contribution is 9.10. The van der Waals surface area contributed by atoms with Crippen LogP contribution in [0.4, 0.5) is 0 Å². The molecule has 1 aromatic carbocycles. The van der Waals surface area contributed by atoms with Crippen molar-refractivity contribution in [1.29, 1.82) is 0 Å². The molecule has 0 fully saturated rings. The van der Waals surface area contributed by atoms with Crippen molar-refractivity contribution in [2.24, 2.45) is 0 Å². The van der Waals surface area contributed by atoms with E-state index in [0.29, 0.717) is 17.0 Å². The van der Waals surface area contributed by atoms with Crippen molar-refractivity contribution in [2.75, 3.05) is 0 Å². The van der Waals surface area contributed by atoms with Crippen molar-refractivity contribution in [3.63, 3.8) is 0 Å². The number of carboxylic acid groups (broad SMARTS) is 1. The molecule has 1 rings (SSSR count). The van der Waals surface area contributed by atoms with E-state index in [0.717, 1.165) is 4.47 Å². The number of carbonyl (C=O) groups excluding carboxylic acids is 1. The Morgan fingerprint density at radius 3 is 2.81 bits per heavy atom. The van der Waals surface area contributed by atoms with Gasteiger partial charge in [-0.25, -0.2) is 0 Å². The third-order valence-corrected chi connectivity index (χ3v) is 2.81. The first-order valence-corrected chi connectivity index (χ1v) is 5.58. The van der Waals surface area contributed by atoms with Crippen LogP contribution < -0.4 is 5.32 Å². The predicted molar refractivity (Wildman–Crippen MR) is 63.3 cm³/mol. The number of carbonyl (C=O) groups is 2. The highest BCUT2D eigenvalue weighted by atomic mass is 79.9. The van der Waals surface area contributed by atoms with Gasteiger partial charge in [-0.05, 0) is 17.7 Å². The molecule has 0 aromatic heterocycles. The van der Waals surface area contributed by atoms with Gasteiger partial charge in [-0.2, -0.15) is 0 Å². The van der Waals surface area contributed by atoms with Gasteiger partial charge >= 0.3 is 5.97 Å². The smallest absolute Gasteiger partial charge is 0.305 e. The third kappa shape index (κ3) is 3.50. The molecule has 86 valence electrons. The fraction of sp³-hybridized carbons (Fsp3) is 0.200. The zero-order chi connectivity index (χ0) is 12.1. The van der Waals surface area contributed by atoms with Crippen molar-refractivity contribution < 1.29 is 14.7 Å². The fourth-order valence-corrected chi connectivity index (χ4v) is 2.10. The number of aliphatic carboxylic acids is 1. The lowest BCUT2D eigenvalue weighted by molar-refractivity contribution is -0.137. The van der Waals surface area contributed by atoms with Crippen molar-refractivity contribution in [2.45, 2.75) is 12.5 Å². The molecule has 2 N–H and O–H groups in total. The summed E-state index contributed by atoms with van der Waals surface area (Å²) in [4.78, 5) is 21.0. The highest BCUT2D eigenvalue weighted by Crippen LogP contribution is 2.28. The fourth-order valence-electron chi connectivity index (χ4n) is 1.30. The monoisotopic (exact) mass is 305 g/mol. The summed E-state index contributed by atoms with van der Waals surface area (Å²) in [5, 5.41) is 11.6. The second kappa shape index (κ2) is 5.86. The normalized spacial score (nSPS) is 11.9. The molecule has 0 spiro atoms. The summed E-state index contributed by atoms with van der Waals surface area (Å²) in [5.74, 6) is -1.00. The Bertz CT molecular complexity index is 411. The minimum atomic E-state index is -1.00. The largest absolute Gasteiger partial charge is 0.481 e. The van der Waals surface area contributed by atoms with E-state index in [4.69, 9.17) is 16.7 Å². The molecule has 1 atom stereocenters. The molecule has 1 amide bonds. The third-order valence-electron chi connectivity index (χ3n) is 1.99. The maximum Gasteiger partial charge on any atom is 0.305 e. The Hall–Kier alpha value is -1.07. The molecule has 1 aromatic rings. The topological polar surface area (TPSA) is 66.4 Å². The number of hydrogen-bond donors (Lipinski definition) is 2. The molecule has 16 heavy (non-hydrogen) atoms. The Labute approximate surface area is 106 Å². The summed E-state index contributed by atoms with van der Waals surface area (Å²) in [6, 6.07) is 4.45. The van der Waals surface area contributed by atoms with E-state index < -0.39 is 12.0 Å². The average Bonchev–Trinajstić information content (AvgIpc) is 2.16. The van der Waals surface area contributed by atoms with E-state index in [1.165, 1.54) is 0 Å². The average molecular weight is 307 g/mol. The number of nitrogens with one attached hydrogen (secondary N) is 1. The van der Waals surface area contributed by atoms with Crippen LogP contribution in [0.5, 0.6) is 0 Å². The van der Waals surface area contributed by atoms with E-state index in [-0.39, 0.29) is 6.42 Å². The SMILES string of the molecule is O=CN[C@H](CC(=O)O)c1ccc(Br)cc1Cl. The summed E-state index contributed by atoms with van der Waals surface area (Å²) >= 11 is 9.21. The van der Waals surface area contributed by atoms with Crippen molar-refractivity contribution >= 4 is 39.9 Å². The summed E-state index contributed by atoms with van der Waals surface area (Å²) < 4.78 is 0.793. The van der Waals surface area contributed by atoms with Gasteiger partial charge < -0.3 is 10.4 Å².